The van der Waals surface area contributed by atoms with Crippen LogP contribution in [0.2, 0.25) is 0 Å². The Labute approximate surface area is 113 Å². The predicted octanol–water partition coefficient (Wildman–Crippen LogP) is 2.43. The molecule has 2 aliphatic heterocycles. The number of thiophene rings is 1. The topological polar surface area (TPSA) is 21.7 Å². The van der Waals surface area contributed by atoms with Crippen LogP contribution in [0.5, 0.6) is 0 Å². The van der Waals surface area contributed by atoms with Crippen LogP contribution in [-0.4, -0.2) is 43.4 Å². The Morgan fingerprint density at radius 3 is 3.11 bits per heavy atom. The molecule has 4 heteroatoms. The van der Waals surface area contributed by atoms with Gasteiger partial charge in [0.25, 0.3) is 0 Å². The Balaban J connectivity index is 1.72. The van der Waals surface area contributed by atoms with Gasteiger partial charge in [-0.2, -0.15) is 0 Å². The molecule has 0 N–H and O–H groups in total. The average Bonchev–Trinajstić information content (AvgIpc) is 2.95. The van der Waals surface area contributed by atoms with Crippen molar-refractivity contribution in [2.45, 2.75) is 44.6 Å². The van der Waals surface area contributed by atoms with E-state index in [2.05, 4.69) is 24.0 Å². The molecule has 18 heavy (non-hydrogen) atoms. The van der Waals surface area contributed by atoms with Crippen molar-refractivity contribution in [2.75, 3.05) is 20.3 Å². The van der Waals surface area contributed by atoms with Crippen molar-refractivity contribution in [3.63, 3.8) is 0 Å². The molecule has 0 bridgehead atoms. The monoisotopic (exact) mass is 267 g/mol. The van der Waals surface area contributed by atoms with Crippen molar-refractivity contribution in [3.8, 4) is 0 Å². The molecule has 0 unspecified atom stereocenters. The Morgan fingerprint density at radius 2 is 2.39 bits per heavy atom. The van der Waals surface area contributed by atoms with Crippen LogP contribution in [0.1, 0.15) is 22.6 Å². The van der Waals surface area contributed by atoms with E-state index in [0.717, 1.165) is 19.7 Å². The second-order valence-electron chi connectivity index (χ2n) is 5.26. The fraction of sp³-hybridized carbons (Fsp3) is 0.714. The number of ether oxygens (including phenoxy) is 2. The van der Waals surface area contributed by atoms with E-state index in [9.17, 15) is 0 Å². The molecule has 0 radical (unpaired) electrons. The molecule has 100 valence electrons. The van der Waals surface area contributed by atoms with Crippen molar-refractivity contribution in [2.24, 2.45) is 0 Å². The van der Waals surface area contributed by atoms with Crippen LogP contribution in [0.15, 0.2) is 12.1 Å². The van der Waals surface area contributed by atoms with Gasteiger partial charge >= 0.3 is 0 Å². The van der Waals surface area contributed by atoms with E-state index >= 15 is 0 Å². The first-order chi connectivity index (χ1) is 8.78. The van der Waals surface area contributed by atoms with Gasteiger partial charge in [-0.15, -0.1) is 11.3 Å². The highest BCUT2D eigenvalue weighted by Gasteiger charge is 2.44. The largest absolute Gasteiger partial charge is 0.377 e. The van der Waals surface area contributed by atoms with E-state index < -0.39 is 0 Å². The fourth-order valence-electron chi connectivity index (χ4n) is 3.16. The maximum Gasteiger partial charge on any atom is 0.100 e. The zero-order chi connectivity index (χ0) is 12.5. The number of rotatable bonds is 3. The molecular formula is C14H21NO2S. The molecule has 2 aliphatic rings. The van der Waals surface area contributed by atoms with Crippen molar-refractivity contribution >= 4 is 11.3 Å². The third-order valence-electron chi connectivity index (χ3n) is 4.04. The zero-order valence-corrected chi connectivity index (χ0v) is 11.9. The van der Waals surface area contributed by atoms with Crippen LogP contribution in [0, 0.1) is 6.92 Å². The predicted molar refractivity (Wildman–Crippen MR) is 73.0 cm³/mol. The lowest BCUT2D eigenvalue weighted by atomic mass is 10.0. The summed E-state index contributed by atoms with van der Waals surface area (Å²) in [7, 11) is 1.80. The average molecular weight is 267 g/mol. The Hall–Kier alpha value is -0.420. The summed E-state index contributed by atoms with van der Waals surface area (Å²) in [5.74, 6) is 0. The smallest absolute Gasteiger partial charge is 0.100 e. The van der Waals surface area contributed by atoms with Gasteiger partial charge in [0.2, 0.25) is 0 Å². The van der Waals surface area contributed by atoms with Crippen molar-refractivity contribution in [1.82, 2.24) is 4.90 Å². The molecular weight excluding hydrogens is 246 g/mol. The highest BCUT2D eigenvalue weighted by Crippen LogP contribution is 2.32. The minimum Gasteiger partial charge on any atom is -0.377 e. The third-order valence-corrected chi connectivity index (χ3v) is 5.03. The minimum atomic E-state index is 0.247. The molecule has 0 aromatic carbocycles. The maximum absolute atomic E-state index is 5.92. The molecule has 1 aromatic rings. The number of aryl methyl sites for hydroxylation is 1. The first kappa shape index (κ1) is 12.6. The summed E-state index contributed by atoms with van der Waals surface area (Å²) in [5, 5.41) is 0. The Kier molecular flexibility index (Phi) is 3.71. The highest BCUT2D eigenvalue weighted by molar-refractivity contribution is 7.11. The molecule has 2 saturated heterocycles. The van der Waals surface area contributed by atoms with E-state index in [1.807, 2.05) is 11.3 Å². The van der Waals surface area contributed by atoms with Crippen LogP contribution < -0.4 is 0 Å². The number of likely N-dealkylation sites (tertiary alicyclic amines) is 1. The van der Waals surface area contributed by atoms with Crippen LogP contribution in [0.25, 0.3) is 0 Å². The molecule has 3 heterocycles. The van der Waals surface area contributed by atoms with Crippen molar-refractivity contribution in [3.05, 3.63) is 21.9 Å². The normalized spacial score (nSPS) is 32.7. The maximum atomic E-state index is 5.92. The molecule has 0 saturated carbocycles. The number of hydrogen-bond acceptors (Lipinski definition) is 4. The standard InChI is InChI=1S/C14H21NO2S/c1-10-5-6-11(18-10)8-15-9-13(16-2)14-12(15)4-3-7-17-14/h5-6,12-14H,3-4,7-9H2,1-2H3/t12-,13+,14+/m0/s1. The van der Waals surface area contributed by atoms with Crippen LogP contribution in [-0.2, 0) is 16.0 Å². The second kappa shape index (κ2) is 5.29. The summed E-state index contributed by atoms with van der Waals surface area (Å²) in [6, 6.07) is 5.00. The molecule has 3 nitrogen and oxygen atoms in total. The summed E-state index contributed by atoms with van der Waals surface area (Å²) in [5.41, 5.74) is 0. The van der Waals surface area contributed by atoms with Gasteiger partial charge in [-0.25, -0.2) is 0 Å². The van der Waals surface area contributed by atoms with E-state index in [-0.39, 0.29) is 12.2 Å². The fourth-order valence-corrected chi connectivity index (χ4v) is 4.08. The Bertz CT molecular complexity index is 406. The molecule has 3 atom stereocenters. The van der Waals surface area contributed by atoms with E-state index in [4.69, 9.17) is 9.47 Å². The molecule has 3 rings (SSSR count). The molecule has 1 aromatic heterocycles. The number of fused-ring (bicyclic) bond motifs is 1. The lowest BCUT2D eigenvalue weighted by molar-refractivity contribution is -0.0655. The quantitative estimate of drug-likeness (QED) is 0.839. The van der Waals surface area contributed by atoms with Gasteiger partial charge in [-0.1, -0.05) is 0 Å². The lowest BCUT2D eigenvalue weighted by Gasteiger charge is -2.31. The van der Waals surface area contributed by atoms with E-state index in [1.165, 1.54) is 22.6 Å². The van der Waals surface area contributed by atoms with Crippen LogP contribution in [0.4, 0.5) is 0 Å². The number of methoxy groups -OCH3 is 1. The van der Waals surface area contributed by atoms with Gasteiger partial charge in [-0.05, 0) is 31.9 Å². The first-order valence-corrected chi connectivity index (χ1v) is 7.53. The summed E-state index contributed by atoms with van der Waals surface area (Å²) >= 11 is 1.90. The van der Waals surface area contributed by atoms with Gasteiger partial charge in [0, 0.05) is 42.6 Å². The third kappa shape index (κ3) is 2.35. The SMILES string of the molecule is CO[C@@H]1CN(Cc2ccc(C)s2)[C@H]2CCCO[C@@H]12. The number of hydrogen-bond donors (Lipinski definition) is 0. The molecule has 2 fully saturated rings. The molecule has 0 amide bonds. The van der Waals surface area contributed by atoms with Crippen LogP contribution >= 0.6 is 11.3 Å². The van der Waals surface area contributed by atoms with Crippen LogP contribution in [0.3, 0.4) is 0 Å². The number of nitrogens with zero attached hydrogens (tertiary/aromatic N) is 1. The van der Waals surface area contributed by atoms with Crippen molar-refractivity contribution in [1.29, 1.82) is 0 Å². The minimum absolute atomic E-state index is 0.247. The van der Waals surface area contributed by atoms with Gasteiger partial charge in [0.1, 0.15) is 6.10 Å². The van der Waals surface area contributed by atoms with Gasteiger partial charge in [0.05, 0.1) is 6.10 Å². The summed E-state index contributed by atoms with van der Waals surface area (Å²) in [4.78, 5) is 5.39. The first-order valence-electron chi connectivity index (χ1n) is 6.71. The molecule has 0 spiro atoms. The molecule has 0 aliphatic carbocycles. The van der Waals surface area contributed by atoms with Gasteiger partial charge in [-0.3, -0.25) is 4.90 Å². The summed E-state index contributed by atoms with van der Waals surface area (Å²) in [6.45, 7) is 5.11. The summed E-state index contributed by atoms with van der Waals surface area (Å²) < 4.78 is 11.5. The highest BCUT2D eigenvalue weighted by atomic mass is 32.1. The van der Waals surface area contributed by atoms with Crippen molar-refractivity contribution < 1.29 is 9.47 Å². The summed E-state index contributed by atoms with van der Waals surface area (Å²) in [6.07, 6.45) is 2.95. The van der Waals surface area contributed by atoms with E-state index in [0.29, 0.717) is 6.04 Å². The Morgan fingerprint density at radius 1 is 1.50 bits per heavy atom. The van der Waals surface area contributed by atoms with E-state index in [1.54, 1.807) is 7.11 Å². The zero-order valence-electron chi connectivity index (χ0n) is 11.1. The van der Waals surface area contributed by atoms with Gasteiger partial charge < -0.3 is 9.47 Å². The van der Waals surface area contributed by atoms with Gasteiger partial charge in [0.15, 0.2) is 0 Å². The lowest BCUT2D eigenvalue weighted by Crippen LogP contribution is -2.41. The second-order valence-corrected chi connectivity index (χ2v) is 6.63.